The van der Waals surface area contributed by atoms with Crippen LogP contribution in [0.1, 0.15) is 21.6 Å². The first-order valence-corrected chi connectivity index (χ1v) is 8.74. The van der Waals surface area contributed by atoms with Gasteiger partial charge in [-0.3, -0.25) is 4.79 Å². The SMILES string of the molecule is Cc1cccn2cc(COc3cccc(C(=O)N4CCOCC4)c3)nc12. The molecule has 0 radical (unpaired) electrons. The molecule has 0 unspecified atom stereocenters. The average Bonchev–Trinajstić information content (AvgIpc) is 3.11. The van der Waals surface area contributed by atoms with E-state index in [-0.39, 0.29) is 5.91 Å². The number of morpholine rings is 1. The van der Waals surface area contributed by atoms with Crippen LogP contribution in [-0.4, -0.2) is 46.5 Å². The van der Waals surface area contributed by atoms with Crippen molar-refractivity contribution in [3.05, 3.63) is 65.6 Å². The predicted octanol–water partition coefficient (Wildman–Crippen LogP) is 2.69. The summed E-state index contributed by atoms with van der Waals surface area (Å²) in [6.07, 6.45) is 3.94. The maximum atomic E-state index is 12.6. The van der Waals surface area contributed by atoms with Crippen LogP contribution in [0.2, 0.25) is 0 Å². The monoisotopic (exact) mass is 351 g/mol. The molecule has 1 amide bonds. The number of aromatic nitrogens is 2. The van der Waals surface area contributed by atoms with E-state index in [1.165, 1.54) is 0 Å². The fraction of sp³-hybridized carbons (Fsp3) is 0.300. The summed E-state index contributed by atoms with van der Waals surface area (Å²) in [5, 5.41) is 0. The predicted molar refractivity (Wildman–Crippen MR) is 97.4 cm³/mol. The normalized spacial score (nSPS) is 14.6. The number of benzene rings is 1. The molecule has 134 valence electrons. The van der Waals surface area contributed by atoms with Crippen LogP contribution >= 0.6 is 0 Å². The minimum Gasteiger partial charge on any atom is -0.487 e. The zero-order valence-corrected chi connectivity index (χ0v) is 14.7. The molecule has 0 spiro atoms. The van der Waals surface area contributed by atoms with Crippen molar-refractivity contribution in [1.82, 2.24) is 14.3 Å². The van der Waals surface area contributed by atoms with Gasteiger partial charge in [-0.1, -0.05) is 12.1 Å². The van der Waals surface area contributed by atoms with E-state index in [9.17, 15) is 4.79 Å². The molecule has 0 atom stereocenters. The molecule has 0 aliphatic carbocycles. The average molecular weight is 351 g/mol. The van der Waals surface area contributed by atoms with Gasteiger partial charge < -0.3 is 18.8 Å². The minimum atomic E-state index is 0.0158. The lowest BCUT2D eigenvalue weighted by molar-refractivity contribution is 0.0302. The van der Waals surface area contributed by atoms with Crippen LogP contribution < -0.4 is 4.74 Å². The van der Waals surface area contributed by atoms with Crippen molar-refractivity contribution < 1.29 is 14.3 Å². The Morgan fingerprint density at radius 1 is 1.23 bits per heavy atom. The highest BCUT2D eigenvalue weighted by atomic mass is 16.5. The molecule has 0 bridgehead atoms. The quantitative estimate of drug-likeness (QED) is 0.725. The van der Waals surface area contributed by atoms with Crippen LogP contribution in [0.5, 0.6) is 5.75 Å². The maximum absolute atomic E-state index is 12.6. The third-order valence-corrected chi connectivity index (χ3v) is 4.49. The Morgan fingerprint density at radius 3 is 2.88 bits per heavy atom. The molecule has 3 heterocycles. The van der Waals surface area contributed by atoms with Crippen molar-refractivity contribution in [2.75, 3.05) is 26.3 Å². The van der Waals surface area contributed by atoms with Gasteiger partial charge in [0.25, 0.3) is 5.91 Å². The number of imidazole rings is 1. The summed E-state index contributed by atoms with van der Waals surface area (Å²) in [4.78, 5) is 19.0. The topological polar surface area (TPSA) is 56.1 Å². The van der Waals surface area contributed by atoms with E-state index in [2.05, 4.69) is 4.98 Å². The molecular formula is C20H21N3O3. The lowest BCUT2D eigenvalue weighted by Gasteiger charge is -2.26. The summed E-state index contributed by atoms with van der Waals surface area (Å²) < 4.78 is 13.2. The number of hydrogen-bond donors (Lipinski definition) is 0. The Kier molecular flexibility index (Phi) is 4.58. The number of carbonyl (C=O) groups excluding carboxylic acids is 1. The Labute approximate surface area is 152 Å². The van der Waals surface area contributed by atoms with E-state index in [0.29, 0.717) is 44.2 Å². The number of hydrogen-bond acceptors (Lipinski definition) is 4. The smallest absolute Gasteiger partial charge is 0.254 e. The molecular weight excluding hydrogens is 330 g/mol. The van der Waals surface area contributed by atoms with Gasteiger partial charge in [0.2, 0.25) is 0 Å². The van der Waals surface area contributed by atoms with Crippen molar-refractivity contribution in [2.45, 2.75) is 13.5 Å². The number of nitrogens with zero attached hydrogens (tertiary/aromatic N) is 3. The molecule has 1 aliphatic heterocycles. The summed E-state index contributed by atoms with van der Waals surface area (Å²) in [5.41, 5.74) is 3.54. The molecule has 26 heavy (non-hydrogen) atoms. The Balaban J connectivity index is 1.46. The number of aryl methyl sites for hydroxylation is 1. The van der Waals surface area contributed by atoms with Gasteiger partial charge in [0, 0.05) is 31.0 Å². The van der Waals surface area contributed by atoms with E-state index in [4.69, 9.17) is 9.47 Å². The van der Waals surface area contributed by atoms with Gasteiger partial charge in [-0.2, -0.15) is 0 Å². The van der Waals surface area contributed by atoms with E-state index in [1.54, 1.807) is 6.07 Å². The zero-order valence-electron chi connectivity index (χ0n) is 14.7. The highest BCUT2D eigenvalue weighted by Gasteiger charge is 2.18. The zero-order chi connectivity index (χ0) is 17.9. The van der Waals surface area contributed by atoms with E-state index >= 15 is 0 Å². The second-order valence-corrected chi connectivity index (χ2v) is 6.38. The highest BCUT2D eigenvalue weighted by Crippen LogP contribution is 2.18. The molecule has 1 aromatic carbocycles. The Morgan fingerprint density at radius 2 is 2.08 bits per heavy atom. The van der Waals surface area contributed by atoms with Gasteiger partial charge in [0.15, 0.2) is 0 Å². The second-order valence-electron chi connectivity index (χ2n) is 6.38. The first-order valence-electron chi connectivity index (χ1n) is 8.74. The first-order chi connectivity index (χ1) is 12.7. The molecule has 1 aliphatic rings. The van der Waals surface area contributed by atoms with Crippen LogP contribution in [0.3, 0.4) is 0 Å². The Bertz CT molecular complexity index is 929. The first kappa shape index (κ1) is 16.6. The van der Waals surface area contributed by atoms with Crippen molar-refractivity contribution in [3.63, 3.8) is 0 Å². The van der Waals surface area contributed by atoms with Crippen molar-refractivity contribution >= 4 is 11.6 Å². The summed E-state index contributed by atoms with van der Waals surface area (Å²) >= 11 is 0. The Hall–Kier alpha value is -2.86. The number of ether oxygens (including phenoxy) is 2. The molecule has 1 fully saturated rings. The molecule has 1 saturated heterocycles. The van der Waals surface area contributed by atoms with Gasteiger partial charge >= 0.3 is 0 Å². The summed E-state index contributed by atoms with van der Waals surface area (Å²) in [5.74, 6) is 0.681. The lowest BCUT2D eigenvalue weighted by Crippen LogP contribution is -2.40. The number of rotatable bonds is 4. The van der Waals surface area contributed by atoms with E-state index in [1.807, 2.05) is 58.9 Å². The molecule has 6 nitrogen and oxygen atoms in total. The van der Waals surface area contributed by atoms with Crippen LogP contribution in [-0.2, 0) is 11.3 Å². The van der Waals surface area contributed by atoms with Gasteiger partial charge in [-0.15, -0.1) is 0 Å². The number of fused-ring (bicyclic) bond motifs is 1. The third kappa shape index (κ3) is 3.41. The largest absolute Gasteiger partial charge is 0.487 e. The van der Waals surface area contributed by atoms with Crippen LogP contribution in [0, 0.1) is 6.92 Å². The van der Waals surface area contributed by atoms with Crippen LogP contribution in [0.15, 0.2) is 48.8 Å². The maximum Gasteiger partial charge on any atom is 0.254 e. The molecule has 3 aromatic rings. The van der Waals surface area contributed by atoms with Gasteiger partial charge in [-0.05, 0) is 36.8 Å². The standard InChI is InChI=1S/C20H21N3O3/c1-15-4-3-7-23-13-17(21-19(15)23)14-26-18-6-2-5-16(12-18)20(24)22-8-10-25-11-9-22/h2-7,12-13H,8-11,14H2,1H3. The fourth-order valence-electron chi connectivity index (χ4n) is 3.10. The van der Waals surface area contributed by atoms with E-state index in [0.717, 1.165) is 16.9 Å². The highest BCUT2D eigenvalue weighted by molar-refractivity contribution is 5.94. The van der Waals surface area contributed by atoms with Gasteiger partial charge in [-0.25, -0.2) is 4.98 Å². The van der Waals surface area contributed by atoms with E-state index < -0.39 is 0 Å². The van der Waals surface area contributed by atoms with Crippen molar-refractivity contribution in [1.29, 1.82) is 0 Å². The van der Waals surface area contributed by atoms with Crippen molar-refractivity contribution in [3.8, 4) is 5.75 Å². The number of amides is 1. The summed E-state index contributed by atoms with van der Waals surface area (Å²) in [7, 11) is 0. The summed E-state index contributed by atoms with van der Waals surface area (Å²) in [6.45, 7) is 4.84. The van der Waals surface area contributed by atoms with Crippen LogP contribution in [0.4, 0.5) is 0 Å². The third-order valence-electron chi connectivity index (χ3n) is 4.49. The molecule has 4 rings (SSSR count). The molecule has 0 saturated carbocycles. The van der Waals surface area contributed by atoms with Gasteiger partial charge in [0.1, 0.15) is 18.0 Å². The van der Waals surface area contributed by atoms with Crippen LogP contribution in [0.25, 0.3) is 5.65 Å². The summed E-state index contributed by atoms with van der Waals surface area (Å²) in [6, 6.07) is 11.3. The van der Waals surface area contributed by atoms with Crippen molar-refractivity contribution in [2.24, 2.45) is 0 Å². The van der Waals surface area contributed by atoms with Gasteiger partial charge in [0.05, 0.1) is 18.9 Å². The minimum absolute atomic E-state index is 0.0158. The molecule has 6 heteroatoms. The fourth-order valence-corrected chi connectivity index (χ4v) is 3.10. The molecule has 0 N–H and O–H groups in total. The second kappa shape index (κ2) is 7.17. The lowest BCUT2D eigenvalue weighted by atomic mass is 10.2. The number of pyridine rings is 1. The number of carbonyl (C=O) groups is 1. The molecule has 2 aromatic heterocycles.